The smallest absolute Gasteiger partial charge is 0.227 e. The van der Waals surface area contributed by atoms with E-state index in [0.29, 0.717) is 18.8 Å². The lowest BCUT2D eigenvalue weighted by Crippen LogP contribution is -2.38. The standard InChI is InChI=1S/C20H24FN3O/c1-23(2)17-9-7-16(8-10-17)22-20(25)15-11-13-24(14-12-15)19-6-4-3-5-18(19)21/h3-10,15H,11-14H2,1-2H3,(H,22,25). The van der Waals surface area contributed by atoms with Crippen LogP contribution in [-0.4, -0.2) is 33.1 Å². The molecule has 0 spiro atoms. The van der Waals surface area contributed by atoms with Crippen LogP contribution in [0.1, 0.15) is 12.8 Å². The second kappa shape index (κ2) is 7.55. The van der Waals surface area contributed by atoms with E-state index in [1.54, 1.807) is 12.1 Å². The van der Waals surface area contributed by atoms with Crippen molar-refractivity contribution in [3.05, 3.63) is 54.3 Å². The van der Waals surface area contributed by atoms with Gasteiger partial charge in [0.25, 0.3) is 0 Å². The summed E-state index contributed by atoms with van der Waals surface area (Å²) in [6, 6.07) is 14.6. The van der Waals surface area contributed by atoms with Crippen LogP contribution < -0.4 is 15.1 Å². The number of carbonyl (C=O) groups excluding carboxylic acids is 1. The average molecular weight is 341 g/mol. The molecule has 0 unspecified atom stereocenters. The summed E-state index contributed by atoms with van der Waals surface area (Å²) < 4.78 is 13.9. The maximum atomic E-state index is 13.9. The fraction of sp³-hybridized carbons (Fsp3) is 0.350. The molecule has 5 heteroatoms. The number of amides is 1. The zero-order valence-electron chi connectivity index (χ0n) is 14.7. The predicted octanol–water partition coefficient (Wildman–Crippen LogP) is 3.75. The normalized spacial score (nSPS) is 15.1. The highest BCUT2D eigenvalue weighted by Gasteiger charge is 2.26. The van der Waals surface area contributed by atoms with E-state index in [1.165, 1.54) is 6.07 Å². The molecule has 0 bridgehead atoms. The fourth-order valence-corrected chi connectivity index (χ4v) is 3.18. The molecule has 1 aliphatic heterocycles. The first-order valence-corrected chi connectivity index (χ1v) is 8.62. The van der Waals surface area contributed by atoms with Gasteiger partial charge in [-0.1, -0.05) is 12.1 Å². The number of nitrogens with one attached hydrogen (secondary N) is 1. The summed E-state index contributed by atoms with van der Waals surface area (Å²) in [6.07, 6.45) is 1.46. The van der Waals surface area contributed by atoms with Crippen molar-refractivity contribution in [2.24, 2.45) is 5.92 Å². The van der Waals surface area contributed by atoms with Gasteiger partial charge in [0.1, 0.15) is 5.82 Å². The molecule has 0 aliphatic carbocycles. The first-order chi connectivity index (χ1) is 12.0. The molecule has 0 saturated carbocycles. The van der Waals surface area contributed by atoms with Crippen LogP contribution in [0.3, 0.4) is 0 Å². The number of carbonyl (C=O) groups is 1. The van der Waals surface area contributed by atoms with Crippen LogP contribution >= 0.6 is 0 Å². The fourth-order valence-electron chi connectivity index (χ4n) is 3.18. The Labute approximate surface area is 148 Å². The molecule has 4 nitrogen and oxygen atoms in total. The summed E-state index contributed by atoms with van der Waals surface area (Å²) in [4.78, 5) is 16.5. The summed E-state index contributed by atoms with van der Waals surface area (Å²) >= 11 is 0. The van der Waals surface area contributed by atoms with E-state index in [0.717, 1.165) is 24.2 Å². The lowest BCUT2D eigenvalue weighted by Gasteiger charge is -2.33. The summed E-state index contributed by atoms with van der Waals surface area (Å²) in [5, 5.41) is 2.99. The Morgan fingerprint density at radius 2 is 1.72 bits per heavy atom. The van der Waals surface area contributed by atoms with Gasteiger partial charge in [-0.15, -0.1) is 0 Å². The topological polar surface area (TPSA) is 35.6 Å². The van der Waals surface area contributed by atoms with Crippen molar-refractivity contribution in [1.29, 1.82) is 0 Å². The zero-order valence-corrected chi connectivity index (χ0v) is 14.7. The van der Waals surface area contributed by atoms with Crippen molar-refractivity contribution in [2.45, 2.75) is 12.8 Å². The van der Waals surface area contributed by atoms with Gasteiger partial charge in [0.05, 0.1) is 5.69 Å². The average Bonchev–Trinajstić information content (AvgIpc) is 2.63. The summed E-state index contributed by atoms with van der Waals surface area (Å²) in [5.74, 6) is -0.186. The van der Waals surface area contributed by atoms with Crippen LogP contribution in [-0.2, 0) is 4.79 Å². The van der Waals surface area contributed by atoms with Gasteiger partial charge in [-0.05, 0) is 49.2 Å². The third-order valence-electron chi connectivity index (χ3n) is 4.71. The van der Waals surface area contributed by atoms with Crippen molar-refractivity contribution in [3.63, 3.8) is 0 Å². The van der Waals surface area contributed by atoms with Crippen LogP contribution in [0, 0.1) is 11.7 Å². The Bertz CT molecular complexity index is 722. The second-order valence-corrected chi connectivity index (χ2v) is 6.64. The first-order valence-electron chi connectivity index (χ1n) is 8.62. The van der Waals surface area contributed by atoms with Gasteiger partial charge < -0.3 is 15.1 Å². The summed E-state index contributed by atoms with van der Waals surface area (Å²) in [5.41, 5.74) is 2.53. The molecule has 1 fully saturated rings. The van der Waals surface area contributed by atoms with E-state index in [-0.39, 0.29) is 17.6 Å². The third-order valence-corrected chi connectivity index (χ3v) is 4.71. The van der Waals surface area contributed by atoms with Crippen LogP contribution in [0.2, 0.25) is 0 Å². The molecular weight excluding hydrogens is 317 g/mol. The Morgan fingerprint density at radius 3 is 2.32 bits per heavy atom. The Hall–Kier alpha value is -2.56. The Balaban J connectivity index is 1.55. The summed E-state index contributed by atoms with van der Waals surface area (Å²) in [7, 11) is 3.97. The number of nitrogens with zero attached hydrogens (tertiary/aromatic N) is 2. The number of para-hydroxylation sites is 1. The molecule has 0 atom stereocenters. The molecule has 0 aromatic heterocycles. The van der Waals surface area contributed by atoms with Gasteiger partial charge in [0, 0.05) is 44.5 Å². The van der Waals surface area contributed by atoms with E-state index in [1.807, 2.05) is 54.2 Å². The highest BCUT2D eigenvalue weighted by molar-refractivity contribution is 5.92. The minimum absolute atomic E-state index is 0.0310. The van der Waals surface area contributed by atoms with Crippen molar-refractivity contribution in [1.82, 2.24) is 0 Å². The monoisotopic (exact) mass is 341 g/mol. The van der Waals surface area contributed by atoms with Crippen molar-refractivity contribution in [2.75, 3.05) is 42.3 Å². The summed E-state index contributed by atoms with van der Waals surface area (Å²) in [6.45, 7) is 1.39. The number of anilines is 3. The van der Waals surface area contributed by atoms with Crippen molar-refractivity contribution in [3.8, 4) is 0 Å². The van der Waals surface area contributed by atoms with Crippen molar-refractivity contribution >= 4 is 23.0 Å². The number of piperidine rings is 1. The molecule has 1 heterocycles. The van der Waals surface area contributed by atoms with Crippen LogP contribution in [0.5, 0.6) is 0 Å². The van der Waals surface area contributed by atoms with Gasteiger partial charge >= 0.3 is 0 Å². The van der Waals surface area contributed by atoms with Crippen LogP contribution in [0.25, 0.3) is 0 Å². The predicted molar refractivity (Wildman–Crippen MR) is 101 cm³/mol. The lowest BCUT2D eigenvalue weighted by atomic mass is 9.95. The molecule has 132 valence electrons. The molecule has 25 heavy (non-hydrogen) atoms. The number of rotatable bonds is 4. The SMILES string of the molecule is CN(C)c1ccc(NC(=O)C2CCN(c3ccccc3F)CC2)cc1. The number of hydrogen-bond donors (Lipinski definition) is 1. The van der Waals surface area contributed by atoms with Gasteiger partial charge in [0.15, 0.2) is 0 Å². The highest BCUT2D eigenvalue weighted by atomic mass is 19.1. The molecule has 1 saturated heterocycles. The first kappa shape index (κ1) is 17.3. The minimum Gasteiger partial charge on any atom is -0.378 e. The lowest BCUT2D eigenvalue weighted by molar-refractivity contribution is -0.120. The quantitative estimate of drug-likeness (QED) is 0.920. The van der Waals surface area contributed by atoms with E-state index in [4.69, 9.17) is 0 Å². The molecule has 3 rings (SSSR count). The molecule has 1 amide bonds. The third kappa shape index (κ3) is 4.10. The number of halogens is 1. The van der Waals surface area contributed by atoms with Gasteiger partial charge in [-0.25, -0.2) is 4.39 Å². The largest absolute Gasteiger partial charge is 0.378 e. The van der Waals surface area contributed by atoms with Crippen molar-refractivity contribution < 1.29 is 9.18 Å². The van der Waals surface area contributed by atoms with Gasteiger partial charge in [-0.3, -0.25) is 4.79 Å². The highest BCUT2D eigenvalue weighted by Crippen LogP contribution is 2.26. The van der Waals surface area contributed by atoms with E-state index < -0.39 is 0 Å². The second-order valence-electron chi connectivity index (χ2n) is 6.64. The van der Waals surface area contributed by atoms with E-state index in [9.17, 15) is 9.18 Å². The molecule has 1 N–H and O–H groups in total. The minimum atomic E-state index is -0.202. The zero-order chi connectivity index (χ0) is 17.8. The molecule has 2 aromatic carbocycles. The maximum Gasteiger partial charge on any atom is 0.227 e. The van der Waals surface area contributed by atoms with E-state index >= 15 is 0 Å². The van der Waals surface area contributed by atoms with Gasteiger partial charge in [-0.2, -0.15) is 0 Å². The molecule has 1 aliphatic rings. The molecule has 2 aromatic rings. The van der Waals surface area contributed by atoms with E-state index in [2.05, 4.69) is 5.32 Å². The molecule has 0 radical (unpaired) electrons. The number of benzene rings is 2. The number of hydrogen-bond acceptors (Lipinski definition) is 3. The maximum absolute atomic E-state index is 13.9. The van der Waals surface area contributed by atoms with Crippen LogP contribution in [0.15, 0.2) is 48.5 Å². The molecular formula is C20H24FN3O. The van der Waals surface area contributed by atoms with Gasteiger partial charge in [0.2, 0.25) is 5.91 Å². The van der Waals surface area contributed by atoms with Crippen LogP contribution in [0.4, 0.5) is 21.5 Å². The Kier molecular flexibility index (Phi) is 5.22. The Morgan fingerprint density at radius 1 is 1.08 bits per heavy atom.